The zero-order chi connectivity index (χ0) is 18.7. The Morgan fingerprint density at radius 3 is 2.62 bits per heavy atom. The summed E-state index contributed by atoms with van der Waals surface area (Å²) in [5.41, 5.74) is 5.22. The van der Waals surface area contributed by atoms with E-state index in [1.165, 1.54) is 5.56 Å². The van der Waals surface area contributed by atoms with Gasteiger partial charge >= 0.3 is 0 Å². The lowest BCUT2D eigenvalue weighted by Crippen LogP contribution is -2.33. The molecule has 136 valence electrons. The Morgan fingerprint density at radius 1 is 1.12 bits per heavy atom. The Balaban J connectivity index is 1.85. The van der Waals surface area contributed by atoms with E-state index in [0.29, 0.717) is 12.3 Å². The highest BCUT2D eigenvalue weighted by Crippen LogP contribution is 2.32. The summed E-state index contributed by atoms with van der Waals surface area (Å²) in [4.78, 5) is 25.7. The number of carbonyl (C=O) groups is 2. The van der Waals surface area contributed by atoms with Gasteiger partial charge in [0.05, 0.1) is 0 Å². The van der Waals surface area contributed by atoms with E-state index in [-0.39, 0.29) is 11.8 Å². The molecular weight excluding hydrogens is 324 g/mol. The van der Waals surface area contributed by atoms with Gasteiger partial charge in [0.2, 0.25) is 11.8 Å². The van der Waals surface area contributed by atoms with Crippen LogP contribution in [0.15, 0.2) is 42.5 Å². The third-order valence-corrected chi connectivity index (χ3v) is 4.65. The molecule has 1 N–H and O–H groups in total. The van der Waals surface area contributed by atoms with Gasteiger partial charge in [-0.3, -0.25) is 9.59 Å². The standard InChI is InChI=1S/C22H26N2O2/c1-15(2)12-22(26)23-20-8-4-6-17(14-20)18-9-10-21-19(13-18)7-5-11-24(21)16(3)25/h4,6,8-10,13-15H,5,7,11-12H2,1-3H3,(H,23,26). The lowest BCUT2D eigenvalue weighted by molar-refractivity contribution is -0.117. The van der Waals surface area contributed by atoms with Crippen LogP contribution in [0.25, 0.3) is 11.1 Å². The number of fused-ring (bicyclic) bond motifs is 1. The van der Waals surface area contributed by atoms with Gasteiger partial charge in [0.25, 0.3) is 0 Å². The molecule has 1 heterocycles. The average molecular weight is 350 g/mol. The number of nitrogens with one attached hydrogen (secondary N) is 1. The molecule has 2 aromatic rings. The average Bonchev–Trinajstić information content (AvgIpc) is 2.60. The highest BCUT2D eigenvalue weighted by Gasteiger charge is 2.20. The van der Waals surface area contributed by atoms with E-state index in [4.69, 9.17) is 0 Å². The third-order valence-electron chi connectivity index (χ3n) is 4.65. The van der Waals surface area contributed by atoms with Crippen LogP contribution in [0.4, 0.5) is 11.4 Å². The van der Waals surface area contributed by atoms with Crippen LogP contribution in [0, 0.1) is 5.92 Å². The van der Waals surface area contributed by atoms with Crippen molar-refractivity contribution in [3.8, 4) is 11.1 Å². The van der Waals surface area contributed by atoms with Crippen LogP contribution in [0.3, 0.4) is 0 Å². The van der Waals surface area contributed by atoms with Gasteiger partial charge < -0.3 is 10.2 Å². The van der Waals surface area contributed by atoms with Gasteiger partial charge in [-0.2, -0.15) is 0 Å². The normalized spacial score (nSPS) is 13.5. The fourth-order valence-corrected chi connectivity index (χ4v) is 3.46. The van der Waals surface area contributed by atoms with Crippen molar-refractivity contribution in [2.45, 2.75) is 40.0 Å². The van der Waals surface area contributed by atoms with Crippen LogP contribution in [-0.4, -0.2) is 18.4 Å². The van der Waals surface area contributed by atoms with Gasteiger partial charge in [-0.15, -0.1) is 0 Å². The minimum atomic E-state index is 0.0414. The molecule has 0 saturated carbocycles. The number of carbonyl (C=O) groups excluding carboxylic acids is 2. The second-order valence-electron chi connectivity index (χ2n) is 7.34. The van der Waals surface area contributed by atoms with Crippen molar-refractivity contribution < 1.29 is 9.59 Å². The van der Waals surface area contributed by atoms with Crippen LogP contribution >= 0.6 is 0 Å². The van der Waals surface area contributed by atoms with Crippen molar-refractivity contribution >= 4 is 23.2 Å². The maximum absolute atomic E-state index is 12.0. The van der Waals surface area contributed by atoms with Crippen molar-refractivity contribution in [3.63, 3.8) is 0 Å². The smallest absolute Gasteiger partial charge is 0.224 e. The Hall–Kier alpha value is -2.62. The van der Waals surface area contributed by atoms with Crippen LogP contribution in [0.2, 0.25) is 0 Å². The summed E-state index contributed by atoms with van der Waals surface area (Å²) in [7, 11) is 0. The van der Waals surface area contributed by atoms with E-state index in [9.17, 15) is 9.59 Å². The number of benzene rings is 2. The number of hydrogen-bond donors (Lipinski definition) is 1. The number of hydrogen-bond acceptors (Lipinski definition) is 2. The fraction of sp³-hybridized carbons (Fsp3) is 0.364. The van der Waals surface area contributed by atoms with Gasteiger partial charge in [0.1, 0.15) is 0 Å². The highest BCUT2D eigenvalue weighted by molar-refractivity contribution is 5.94. The van der Waals surface area contributed by atoms with Crippen LogP contribution in [0.5, 0.6) is 0 Å². The van der Waals surface area contributed by atoms with E-state index < -0.39 is 0 Å². The molecule has 2 amide bonds. The molecule has 3 rings (SSSR count). The first-order chi connectivity index (χ1) is 12.4. The number of anilines is 2. The van der Waals surface area contributed by atoms with Gasteiger partial charge in [-0.25, -0.2) is 0 Å². The largest absolute Gasteiger partial charge is 0.326 e. The molecular formula is C22H26N2O2. The number of amides is 2. The van der Waals surface area contributed by atoms with Gasteiger partial charge in [0.15, 0.2) is 0 Å². The fourth-order valence-electron chi connectivity index (χ4n) is 3.46. The molecule has 0 unspecified atom stereocenters. The molecule has 0 bridgehead atoms. The van der Waals surface area contributed by atoms with Crippen molar-refractivity contribution in [2.75, 3.05) is 16.8 Å². The van der Waals surface area contributed by atoms with E-state index in [0.717, 1.165) is 41.9 Å². The second kappa shape index (κ2) is 7.73. The molecule has 0 fully saturated rings. The summed E-state index contributed by atoms with van der Waals surface area (Å²) < 4.78 is 0. The van der Waals surface area contributed by atoms with Crippen LogP contribution in [-0.2, 0) is 16.0 Å². The van der Waals surface area contributed by atoms with Gasteiger partial charge in [0, 0.05) is 31.3 Å². The van der Waals surface area contributed by atoms with Crippen molar-refractivity contribution in [2.24, 2.45) is 5.92 Å². The topological polar surface area (TPSA) is 49.4 Å². The second-order valence-corrected chi connectivity index (χ2v) is 7.34. The molecule has 0 aliphatic carbocycles. The molecule has 2 aromatic carbocycles. The molecule has 0 atom stereocenters. The lowest BCUT2D eigenvalue weighted by atomic mass is 9.96. The monoisotopic (exact) mass is 350 g/mol. The first-order valence-corrected chi connectivity index (χ1v) is 9.25. The quantitative estimate of drug-likeness (QED) is 0.873. The van der Waals surface area contributed by atoms with Crippen LogP contribution < -0.4 is 10.2 Å². The van der Waals surface area contributed by atoms with E-state index in [1.807, 2.05) is 49.1 Å². The van der Waals surface area contributed by atoms with Crippen molar-refractivity contribution in [1.29, 1.82) is 0 Å². The summed E-state index contributed by atoms with van der Waals surface area (Å²) in [6, 6.07) is 14.2. The van der Waals surface area contributed by atoms with E-state index in [2.05, 4.69) is 17.4 Å². The summed E-state index contributed by atoms with van der Waals surface area (Å²) in [5, 5.41) is 2.98. The van der Waals surface area contributed by atoms with Crippen molar-refractivity contribution in [1.82, 2.24) is 0 Å². The third kappa shape index (κ3) is 4.13. The summed E-state index contributed by atoms with van der Waals surface area (Å²) in [6.07, 6.45) is 2.49. The van der Waals surface area contributed by atoms with Gasteiger partial charge in [-0.1, -0.05) is 32.0 Å². The van der Waals surface area contributed by atoms with Gasteiger partial charge in [-0.05, 0) is 59.7 Å². The first kappa shape index (κ1) is 18.2. The maximum atomic E-state index is 12.0. The van der Waals surface area contributed by atoms with E-state index in [1.54, 1.807) is 6.92 Å². The molecule has 0 spiro atoms. The number of aryl methyl sites for hydroxylation is 1. The first-order valence-electron chi connectivity index (χ1n) is 9.25. The molecule has 26 heavy (non-hydrogen) atoms. The Labute approximate surface area is 155 Å². The number of rotatable bonds is 4. The molecule has 1 aliphatic heterocycles. The minimum absolute atomic E-state index is 0.0414. The predicted octanol–water partition coefficient (Wildman–Crippen LogP) is 4.64. The zero-order valence-corrected chi connectivity index (χ0v) is 15.7. The summed E-state index contributed by atoms with van der Waals surface area (Å²) in [6.45, 7) is 6.48. The Kier molecular flexibility index (Phi) is 5.40. The summed E-state index contributed by atoms with van der Waals surface area (Å²) >= 11 is 0. The van der Waals surface area contributed by atoms with E-state index >= 15 is 0 Å². The Morgan fingerprint density at radius 2 is 1.88 bits per heavy atom. The Bertz CT molecular complexity index is 827. The maximum Gasteiger partial charge on any atom is 0.224 e. The lowest BCUT2D eigenvalue weighted by Gasteiger charge is -2.29. The highest BCUT2D eigenvalue weighted by atomic mass is 16.2. The molecule has 0 aromatic heterocycles. The van der Waals surface area contributed by atoms with Crippen LogP contribution in [0.1, 0.15) is 39.2 Å². The molecule has 0 saturated heterocycles. The zero-order valence-electron chi connectivity index (χ0n) is 15.7. The van der Waals surface area contributed by atoms with Crippen molar-refractivity contribution in [3.05, 3.63) is 48.0 Å². The number of nitrogens with zero attached hydrogens (tertiary/aromatic N) is 1. The SMILES string of the molecule is CC(=O)N1CCCc2cc(-c3cccc(NC(=O)CC(C)C)c3)ccc21. The minimum Gasteiger partial charge on any atom is -0.326 e. The molecule has 4 heteroatoms. The molecule has 4 nitrogen and oxygen atoms in total. The molecule has 0 radical (unpaired) electrons. The predicted molar refractivity (Wildman–Crippen MR) is 106 cm³/mol. The summed E-state index contributed by atoms with van der Waals surface area (Å²) in [5.74, 6) is 0.469. The molecule has 1 aliphatic rings.